The van der Waals surface area contributed by atoms with Crippen LogP contribution in [0.3, 0.4) is 0 Å². The molecular weight excluding hydrogens is 368 g/mol. The number of methoxy groups -OCH3 is 2. The number of rotatable bonds is 8. The van der Waals surface area contributed by atoms with Crippen LogP contribution in [0.15, 0.2) is 42.5 Å². The van der Waals surface area contributed by atoms with E-state index in [-0.39, 0.29) is 24.8 Å². The van der Waals surface area contributed by atoms with E-state index in [1.807, 2.05) is 12.1 Å². The van der Waals surface area contributed by atoms with Crippen LogP contribution in [-0.2, 0) is 16.1 Å². The number of carbonyl (C=O) groups excluding carboxylic acids is 2. The van der Waals surface area contributed by atoms with Gasteiger partial charge >= 0.3 is 0 Å². The molecular formula is C20H23ClN2O4. The van der Waals surface area contributed by atoms with Crippen LogP contribution in [-0.4, -0.2) is 26.0 Å². The lowest BCUT2D eigenvalue weighted by molar-refractivity contribution is -0.122. The van der Waals surface area contributed by atoms with Gasteiger partial charge in [0.15, 0.2) is 11.5 Å². The number of nitrogens with one attached hydrogen (secondary N) is 2. The Kier molecular flexibility index (Phi) is 7.49. The zero-order valence-corrected chi connectivity index (χ0v) is 16.3. The highest BCUT2D eigenvalue weighted by Gasteiger charge is 2.18. The molecule has 0 saturated carbocycles. The fourth-order valence-electron chi connectivity index (χ4n) is 2.74. The van der Waals surface area contributed by atoms with Gasteiger partial charge in [0.1, 0.15) is 0 Å². The van der Waals surface area contributed by atoms with Crippen molar-refractivity contribution >= 4 is 23.4 Å². The third kappa shape index (κ3) is 5.89. The molecule has 0 aliphatic heterocycles. The smallest absolute Gasteiger partial charge is 0.222 e. The quantitative estimate of drug-likeness (QED) is 0.725. The molecule has 0 fully saturated rings. The summed E-state index contributed by atoms with van der Waals surface area (Å²) < 4.78 is 10.6. The first-order valence-corrected chi connectivity index (χ1v) is 8.81. The number of halogens is 1. The van der Waals surface area contributed by atoms with Crippen molar-refractivity contribution in [3.05, 3.63) is 58.6 Å². The molecule has 0 spiro atoms. The maximum atomic E-state index is 12.4. The van der Waals surface area contributed by atoms with Crippen LogP contribution in [0, 0.1) is 0 Å². The Morgan fingerprint density at radius 3 is 2.37 bits per heavy atom. The lowest BCUT2D eigenvalue weighted by Crippen LogP contribution is -2.32. The van der Waals surface area contributed by atoms with Gasteiger partial charge in [-0.2, -0.15) is 0 Å². The number of hydrogen-bond donors (Lipinski definition) is 2. The van der Waals surface area contributed by atoms with Gasteiger partial charge in [0.2, 0.25) is 11.8 Å². The summed E-state index contributed by atoms with van der Waals surface area (Å²) in [6.45, 7) is 1.70. The van der Waals surface area contributed by atoms with Crippen molar-refractivity contribution in [1.29, 1.82) is 0 Å². The molecule has 0 aliphatic carbocycles. The van der Waals surface area contributed by atoms with Gasteiger partial charge in [-0.05, 0) is 23.8 Å². The number of benzene rings is 2. The molecule has 2 rings (SSSR count). The van der Waals surface area contributed by atoms with Crippen molar-refractivity contribution in [1.82, 2.24) is 10.6 Å². The normalized spacial score (nSPS) is 11.4. The Balaban J connectivity index is 2.06. The van der Waals surface area contributed by atoms with Gasteiger partial charge in [-0.25, -0.2) is 0 Å². The summed E-state index contributed by atoms with van der Waals surface area (Å²) in [5.41, 5.74) is 1.61. The Hall–Kier alpha value is -2.73. The number of para-hydroxylation sites is 1. The van der Waals surface area contributed by atoms with Crippen molar-refractivity contribution in [3.63, 3.8) is 0 Å². The lowest BCUT2D eigenvalue weighted by atomic mass is 10.0. The third-order valence-corrected chi connectivity index (χ3v) is 4.25. The molecule has 0 heterocycles. The standard InChI is InChI=1S/C20H23ClN2O4/c1-13(24)23-17(14-7-9-16(21)10-8-14)11-19(25)22-12-15-5-4-6-18(26-2)20(15)27-3/h4-10,17H,11-12H2,1-3H3,(H,22,25)(H,23,24). The van der Waals surface area contributed by atoms with Crippen LogP contribution in [0.2, 0.25) is 5.02 Å². The molecule has 144 valence electrons. The average Bonchev–Trinajstić information content (AvgIpc) is 2.65. The van der Waals surface area contributed by atoms with Gasteiger partial charge in [-0.1, -0.05) is 35.9 Å². The minimum atomic E-state index is -0.438. The summed E-state index contributed by atoms with van der Waals surface area (Å²) >= 11 is 5.91. The summed E-state index contributed by atoms with van der Waals surface area (Å²) in [6, 6.07) is 12.1. The molecule has 0 aromatic heterocycles. The monoisotopic (exact) mass is 390 g/mol. The van der Waals surface area contributed by atoms with Crippen molar-refractivity contribution in [3.8, 4) is 11.5 Å². The first kappa shape index (κ1) is 20.6. The van der Waals surface area contributed by atoms with Gasteiger partial charge in [0.05, 0.1) is 26.7 Å². The van der Waals surface area contributed by atoms with Crippen LogP contribution >= 0.6 is 11.6 Å². The molecule has 2 aromatic carbocycles. The van der Waals surface area contributed by atoms with Gasteiger partial charge in [-0.3, -0.25) is 9.59 Å². The Labute approximate surface area is 163 Å². The maximum absolute atomic E-state index is 12.4. The minimum absolute atomic E-state index is 0.105. The molecule has 1 unspecified atom stereocenters. The summed E-state index contributed by atoms with van der Waals surface area (Å²) in [6.07, 6.45) is 0.105. The molecule has 7 heteroatoms. The largest absolute Gasteiger partial charge is 0.493 e. The first-order valence-electron chi connectivity index (χ1n) is 8.43. The SMILES string of the molecule is COc1cccc(CNC(=O)CC(NC(C)=O)c2ccc(Cl)cc2)c1OC. The molecule has 2 amide bonds. The van der Waals surface area contributed by atoms with Crippen LogP contribution in [0.25, 0.3) is 0 Å². The van der Waals surface area contributed by atoms with E-state index in [4.69, 9.17) is 21.1 Å². The molecule has 0 bridgehead atoms. The van der Waals surface area contributed by atoms with Crippen LogP contribution in [0.1, 0.15) is 30.5 Å². The molecule has 6 nitrogen and oxygen atoms in total. The van der Waals surface area contributed by atoms with Crippen molar-refractivity contribution in [2.24, 2.45) is 0 Å². The summed E-state index contributed by atoms with van der Waals surface area (Å²) in [4.78, 5) is 24.0. The molecule has 1 atom stereocenters. The second kappa shape index (κ2) is 9.83. The van der Waals surface area contributed by atoms with Crippen molar-refractivity contribution in [2.45, 2.75) is 25.9 Å². The molecule has 0 aliphatic rings. The Morgan fingerprint density at radius 1 is 1.07 bits per heavy atom. The first-order chi connectivity index (χ1) is 12.9. The molecule has 27 heavy (non-hydrogen) atoms. The number of hydrogen-bond acceptors (Lipinski definition) is 4. The Morgan fingerprint density at radius 2 is 1.78 bits per heavy atom. The van der Waals surface area contributed by atoms with E-state index >= 15 is 0 Å². The van der Waals surface area contributed by atoms with Crippen LogP contribution in [0.4, 0.5) is 0 Å². The van der Waals surface area contributed by atoms with E-state index in [9.17, 15) is 9.59 Å². The zero-order chi connectivity index (χ0) is 19.8. The van der Waals surface area contributed by atoms with E-state index in [1.165, 1.54) is 6.92 Å². The van der Waals surface area contributed by atoms with Gasteiger partial charge < -0.3 is 20.1 Å². The van der Waals surface area contributed by atoms with E-state index in [1.54, 1.807) is 44.6 Å². The highest BCUT2D eigenvalue weighted by molar-refractivity contribution is 6.30. The third-order valence-electron chi connectivity index (χ3n) is 4.00. The highest BCUT2D eigenvalue weighted by atomic mass is 35.5. The van der Waals surface area contributed by atoms with Crippen molar-refractivity contribution < 1.29 is 19.1 Å². The molecule has 0 radical (unpaired) electrons. The number of carbonyl (C=O) groups is 2. The second-order valence-electron chi connectivity index (χ2n) is 5.94. The maximum Gasteiger partial charge on any atom is 0.222 e. The molecule has 0 saturated heterocycles. The lowest BCUT2D eigenvalue weighted by Gasteiger charge is -2.19. The summed E-state index contributed by atoms with van der Waals surface area (Å²) in [5, 5.41) is 6.25. The fraction of sp³-hybridized carbons (Fsp3) is 0.300. The Bertz CT molecular complexity index is 793. The molecule has 2 N–H and O–H groups in total. The van der Waals surface area contributed by atoms with Gasteiger partial charge in [0, 0.05) is 24.1 Å². The topological polar surface area (TPSA) is 76.7 Å². The van der Waals surface area contributed by atoms with Gasteiger partial charge in [0.25, 0.3) is 0 Å². The van der Waals surface area contributed by atoms with Gasteiger partial charge in [-0.15, -0.1) is 0 Å². The van der Waals surface area contributed by atoms with Crippen molar-refractivity contribution in [2.75, 3.05) is 14.2 Å². The average molecular weight is 391 g/mol. The number of amides is 2. The van der Waals surface area contributed by atoms with E-state index in [0.29, 0.717) is 16.5 Å². The zero-order valence-electron chi connectivity index (χ0n) is 15.5. The predicted octanol–water partition coefficient (Wildman–Crippen LogP) is 3.24. The number of ether oxygens (including phenoxy) is 2. The van der Waals surface area contributed by atoms with Crippen LogP contribution < -0.4 is 20.1 Å². The predicted molar refractivity (Wildman–Crippen MR) is 104 cm³/mol. The van der Waals surface area contributed by atoms with E-state index in [0.717, 1.165) is 11.1 Å². The summed E-state index contributed by atoms with van der Waals surface area (Å²) in [7, 11) is 3.11. The fourth-order valence-corrected chi connectivity index (χ4v) is 2.86. The van der Waals surface area contributed by atoms with Crippen LogP contribution in [0.5, 0.6) is 11.5 Å². The summed E-state index contributed by atoms with van der Waals surface area (Å²) in [5.74, 6) is 0.767. The molecule has 2 aromatic rings. The minimum Gasteiger partial charge on any atom is -0.493 e. The highest BCUT2D eigenvalue weighted by Crippen LogP contribution is 2.30. The van der Waals surface area contributed by atoms with E-state index < -0.39 is 6.04 Å². The second-order valence-corrected chi connectivity index (χ2v) is 6.37. The van der Waals surface area contributed by atoms with E-state index in [2.05, 4.69) is 10.6 Å².